The number of aromatic nitrogens is 1. The Morgan fingerprint density at radius 1 is 0.731 bits per heavy atom. The number of thiazole rings is 1. The van der Waals surface area contributed by atoms with Gasteiger partial charge in [0.15, 0.2) is 0 Å². The van der Waals surface area contributed by atoms with E-state index in [0.717, 1.165) is 16.9 Å². The van der Waals surface area contributed by atoms with Crippen LogP contribution in [-0.2, 0) is 0 Å². The van der Waals surface area contributed by atoms with E-state index >= 15 is 0 Å². The van der Waals surface area contributed by atoms with Crippen LogP contribution in [0.3, 0.4) is 0 Å². The van der Waals surface area contributed by atoms with E-state index in [4.69, 9.17) is 0 Å². The van der Waals surface area contributed by atoms with Crippen molar-refractivity contribution in [2.45, 2.75) is 0 Å². The third-order valence-corrected chi connectivity index (χ3v) is 5.50. The smallest absolute Gasteiger partial charge is 0.0833 e. The molecule has 0 unspecified atom stereocenters. The lowest BCUT2D eigenvalue weighted by molar-refractivity contribution is 1.49. The molecule has 2 nitrogen and oxygen atoms in total. The van der Waals surface area contributed by atoms with Crippen LogP contribution in [0.15, 0.2) is 90.4 Å². The van der Waals surface area contributed by atoms with Crippen LogP contribution in [0, 0.1) is 0 Å². The van der Waals surface area contributed by atoms with Crippen LogP contribution in [0.25, 0.3) is 32.1 Å². The van der Waals surface area contributed by atoms with Gasteiger partial charge in [-0.3, -0.25) is 0 Å². The number of hydrogen-bond acceptors (Lipinski definition) is 3. The minimum absolute atomic E-state index is 1.03. The molecule has 26 heavy (non-hydrogen) atoms. The second kappa shape index (κ2) is 6.28. The minimum Gasteiger partial charge on any atom is -0.354 e. The zero-order chi connectivity index (χ0) is 17.3. The van der Waals surface area contributed by atoms with Crippen molar-refractivity contribution >= 4 is 43.7 Å². The molecule has 0 radical (unpaired) electrons. The highest BCUT2D eigenvalue weighted by molar-refractivity contribution is 7.17. The molecule has 0 fully saturated rings. The van der Waals surface area contributed by atoms with Crippen LogP contribution in [0.2, 0.25) is 0 Å². The van der Waals surface area contributed by atoms with Gasteiger partial charge in [0.25, 0.3) is 0 Å². The molecular formula is C23H16N2S. The van der Waals surface area contributed by atoms with Gasteiger partial charge in [-0.15, -0.1) is 11.3 Å². The molecule has 0 atom stereocenters. The van der Waals surface area contributed by atoms with E-state index in [1.54, 1.807) is 11.3 Å². The van der Waals surface area contributed by atoms with E-state index in [2.05, 4.69) is 83.1 Å². The molecule has 0 spiro atoms. The molecule has 0 bridgehead atoms. The van der Waals surface area contributed by atoms with Crippen molar-refractivity contribution in [3.05, 3.63) is 90.4 Å². The Balaban J connectivity index is 1.50. The largest absolute Gasteiger partial charge is 0.354 e. The van der Waals surface area contributed by atoms with Gasteiger partial charge in [-0.2, -0.15) is 0 Å². The molecule has 0 aliphatic heterocycles. The van der Waals surface area contributed by atoms with Gasteiger partial charge in [0.1, 0.15) is 0 Å². The molecule has 0 saturated carbocycles. The summed E-state index contributed by atoms with van der Waals surface area (Å²) < 4.78 is 1.19. The molecule has 5 aromatic rings. The Morgan fingerprint density at radius 3 is 2.46 bits per heavy atom. The summed E-state index contributed by atoms with van der Waals surface area (Å²) in [5, 5.41) is 6.07. The lowest BCUT2D eigenvalue weighted by atomic mass is 9.98. The van der Waals surface area contributed by atoms with Crippen LogP contribution in [0.4, 0.5) is 11.4 Å². The van der Waals surface area contributed by atoms with Crippen LogP contribution in [-0.4, -0.2) is 4.98 Å². The van der Waals surface area contributed by atoms with Crippen molar-refractivity contribution in [3.63, 3.8) is 0 Å². The highest BCUT2D eigenvalue weighted by atomic mass is 32.1. The first kappa shape index (κ1) is 15.1. The maximum absolute atomic E-state index is 4.38. The van der Waals surface area contributed by atoms with Gasteiger partial charge in [-0.1, -0.05) is 60.7 Å². The van der Waals surface area contributed by atoms with Gasteiger partial charge >= 0.3 is 0 Å². The fourth-order valence-corrected chi connectivity index (χ4v) is 4.11. The Morgan fingerprint density at radius 2 is 1.54 bits per heavy atom. The van der Waals surface area contributed by atoms with E-state index in [9.17, 15) is 0 Å². The average Bonchev–Trinajstić information content (AvgIpc) is 3.18. The number of rotatable bonds is 3. The second-order valence-corrected chi connectivity index (χ2v) is 7.09. The Kier molecular flexibility index (Phi) is 3.65. The number of nitrogens with zero attached hydrogens (tertiary/aromatic N) is 1. The summed E-state index contributed by atoms with van der Waals surface area (Å²) in [6.45, 7) is 0. The summed E-state index contributed by atoms with van der Waals surface area (Å²) in [5.41, 5.74) is 7.59. The zero-order valence-corrected chi connectivity index (χ0v) is 14.8. The highest BCUT2D eigenvalue weighted by Crippen LogP contribution is 2.32. The minimum atomic E-state index is 1.03. The first-order valence-electron chi connectivity index (χ1n) is 8.56. The van der Waals surface area contributed by atoms with Crippen molar-refractivity contribution in [1.82, 2.24) is 4.98 Å². The van der Waals surface area contributed by atoms with E-state index < -0.39 is 0 Å². The highest BCUT2D eigenvalue weighted by Gasteiger charge is 2.06. The van der Waals surface area contributed by atoms with E-state index in [0.29, 0.717) is 0 Å². The van der Waals surface area contributed by atoms with E-state index in [1.807, 2.05) is 17.6 Å². The zero-order valence-electron chi connectivity index (χ0n) is 14.0. The summed E-state index contributed by atoms with van der Waals surface area (Å²) in [4.78, 5) is 4.38. The van der Waals surface area contributed by atoms with Crippen LogP contribution >= 0.6 is 11.3 Å². The Bertz CT molecular complexity index is 1200. The first-order chi connectivity index (χ1) is 12.9. The summed E-state index contributed by atoms with van der Waals surface area (Å²) in [7, 11) is 0. The third kappa shape index (κ3) is 2.63. The van der Waals surface area contributed by atoms with Gasteiger partial charge in [0, 0.05) is 5.69 Å². The maximum atomic E-state index is 4.38. The van der Waals surface area contributed by atoms with Gasteiger partial charge in [-0.05, 0) is 46.2 Å². The number of nitrogens with one attached hydrogen (secondary N) is 1. The van der Waals surface area contributed by atoms with Crippen molar-refractivity contribution < 1.29 is 0 Å². The molecule has 1 heterocycles. The van der Waals surface area contributed by atoms with Gasteiger partial charge in [0.2, 0.25) is 0 Å². The van der Waals surface area contributed by atoms with Crippen molar-refractivity contribution in [2.24, 2.45) is 0 Å². The van der Waals surface area contributed by atoms with Crippen LogP contribution in [0.5, 0.6) is 0 Å². The number of benzene rings is 4. The van der Waals surface area contributed by atoms with Crippen molar-refractivity contribution in [3.8, 4) is 11.1 Å². The molecule has 5 rings (SSSR count). The fourth-order valence-electron chi connectivity index (χ4n) is 3.35. The van der Waals surface area contributed by atoms with E-state index in [-0.39, 0.29) is 0 Å². The number of anilines is 2. The van der Waals surface area contributed by atoms with Gasteiger partial charge in [0.05, 0.1) is 21.4 Å². The molecule has 1 aromatic heterocycles. The third-order valence-electron chi connectivity index (χ3n) is 4.62. The predicted octanol–water partition coefficient (Wildman–Crippen LogP) is 6.86. The topological polar surface area (TPSA) is 24.9 Å². The maximum Gasteiger partial charge on any atom is 0.0833 e. The Hall–Kier alpha value is -3.17. The van der Waals surface area contributed by atoms with Crippen molar-refractivity contribution in [1.29, 1.82) is 0 Å². The molecule has 0 amide bonds. The second-order valence-electron chi connectivity index (χ2n) is 6.24. The van der Waals surface area contributed by atoms with Gasteiger partial charge in [-0.25, -0.2) is 4.98 Å². The van der Waals surface area contributed by atoms with Gasteiger partial charge < -0.3 is 5.32 Å². The summed E-state index contributed by atoms with van der Waals surface area (Å²) in [5.74, 6) is 0. The number of hydrogen-bond donors (Lipinski definition) is 1. The first-order valence-corrected chi connectivity index (χ1v) is 9.44. The number of fused-ring (bicyclic) bond motifs is 2. The molecule has 0 aliphatic carbocycles. The van der Waals surface area contributed by atoms with Crippen molar-refractivity contribution in [2.75, 3.05) is 5.32 Å². The Labute approximate surface area is 155 Å². The molecule has 124 valence electrons. The molecule has 1 N–H and O–H groups in total. The molecule has 4 aromatic carbocycles. The molecule has 0 aliphatic rings. The monoisotopic (exact) mass is 352 g/mol. The van der Waals surface area contributed by atoms with E-state index in [1.165, 1.54) is 26.6 Å². The predicted molar refractivity (Wildman–Crippen MR) is 112 cm³/mol. The standard InChI is InChI=1S/C23H16N2S/c1-2-7-19-16(5-1)6-3-8-20(19)17-11-13-18(14-12-17)25-22-10-4-9-21-23(22)26-15-24-21/h1-15,25H. The lowest BCUT2D eigenvalue weighted by Crippen LogP contribution is -1.90. The van der Waals surface area contributed by atoms with Crippen LogP contribution < -0.4 is 5.32 Å². The summed E-state index contributed by atoms with van der Waals surface area (Å²) in [6.07, 6.45) is 0. The average molecular weight is 352 g/mol. The molecular weight excluding hydrogens is 336 g/mol. The summed E-state index contributed by atoms with van der Waals surface area (Å²) in [6, 6.07) is 29.8. The molecule has 3 heteroatoms. The fraction of sp³-hybridized carbons (Fsp3) is 0. The summed E-state index contributed by atoms with van der Waals surface area (Å²) >= 11 is 1.66. The normalized spacial score (nSPS) is 11.1. The quantitative estimate of drug-likeness (QED) is 0.383. The van der Waals surface area contributed by atoms with Crippen LogP contribution in [0.1, 0.15) is 0 Å². The SMILES string of the molecule is c1ccc2c(-c3ccc(Nc4cccc5ncsc45)cc3)cccc2c1. The molecule has 0 saturated heterocycles. The lowest BCUT2D eigenvalue weighted by Gasteiger charge is -2.10.